The molecule has 0 rings (SSSR count). The molecule has 0 aliphatic rings. The van der Waals surface area contributed by atoms with Crippen molar-refractivity contribution in [3.63, 3.8) is 0 Å². The van der Waals surface area contributed by atoms with Crippen LogP contribution < -0.4 is 5.32 Å². The molecule has 0 radical (unpaired) electrons. The molecule has 0 bridgehead atoms. The van der Waals surface area contributed by atoms with E-state index in [1.807, 2.05) is 12.2 Å². The minimum atomic E-state index is -4.38. The van der Waals surface area contributed by atoms with Gasteiger partial charge in [-0.15, -0.1) is 0 Å². The third-order valence-electron chi connectivity index (χ3n) is 7.33. The van der Waals surface area contributed by atoms with E-state index in [4.69, 9.17) is 0 Å². The van der Waals surface area contributed by atoms with Crippen molar-refractivity contribution < 1.29 is 22.9 Å². The number of aliphatic hydroxyl groups excluding tert-OH is 1. The molecular formula is C39H65NO5S. The zero-order valence-corrected chi connectivity index (χ0v) is 29.7. The van der Waals surface area contributed by atoms with Crippen LogP contribution in [0.15, 0.2) is 85.1 Å². The van der Waals surface area contributed by atoms with Crippen LogP contribution in [0.1, 0.15) is 136 Å². The van der Waals surface area contributed by atoms with Gasteiger partial charge in [0.25, 0.3) is 10.1 Å². The van der Waals surface area contributed by atoms with Crippen molar-refractivity contribution in [3.05, 3.63) is 85.1 Å². The highest BCUT2D eigenvalue weighted by molar-refractivity contribution is 7.85. The van der Waals surface area contributed by atoms with Crippen LogP contribution in [-0.4, -0.2) is 41.9 Å². The zero-order chi connectivity index (χ0) is 34.0. The van der Waals surface area contributed by atoms with E-state index >= 15 is 0 Å². The fraction of sp³-hybridized carbons (Fsp3) is 0.615. The monoisotopic (exact) mass is 659 g/mol. The molecule has 0 aliphatic heterocycles. The van der Waals surface area contributed by atoms with E-state index in [1.165, 1.54) is 70.3 Å². The number of nitrogens with one attached hydrogen (secondary N) is 1. The highest BCUT2D eigenvalue weighted by Gasteiger charge is 2.24. The van der Waals surface area contributed by atoms with E-state index in [0.717, 1.165) is 38.5 Å². The normalized spacial score (nSPS) is 14.4. The SMILES string of the molecule is CC/C=C\C/C=C\C/C=C\C/C=C\C/C=C\CC(=O)NC(CS(=O)(=O)O)C(O)/C=C/CC/C=C/CCCCCCCCCCCC. The number of allylic oxidation sites excluding steroid dienone is 12. The molecule has 0 saturated heterocycles. The smallest absolute Gasteiger partial charge is 0.267 e. The molecule has 0 aromatic carbocycles. The number of hydrogen-bond donors (Lipinski definition) is 3. The van der Waals surface area contributed by atoms with E-state index in [9.17, 15) is 22.9 Å². The summed E-state index contributed by atoms with van der Waals surface area (Å²) < 4.78 is 32.3. The first-order valence-corrected chi connectivity index (χ1v) is 19.4. The van der Waals surface area contributed by atoms with Crippen LogP contribution in [0.3, 0.4) is 0 Å². The van der Waals surface area contributed by atoms with Crippen molar-refractivity contribution in [1.82, 2.24) is 5.32 Å². The van der Waals surface area contributed by atoms with E-state index in [1.54, 1.807) is 12.2 Å². The molecule has 2 atom stereocenters. The Morgan fingerprint density at radius 2 is 1.07 bits per heavy atom. The third-order valence-corrected chi connectivity index (χ3v) is 8.11. The van der Waals surface area contributed by atoms with Crippen molar-refractivity contribution in [2.45, 2.75) is 148 Å². The fourth-order valence-electron chi connectivity index (χ4n) is 4.71. The second-order valence-electron chi connectivity index (χ2n) is 11.8. The average Bonchev–Trinajstić information content (AvgIpc) is 3.01. The maximum Gasteiger partial charge on any atom is 0.267 e. The summed E-state index contributed by atoms with van der Waals surface area (Å²) in [5.41, 5.74) is 0. The molecule has 262 valence electrons. The van der Waals surface area contributed by atoms with Gasteiger partial charge in [-0.25, -0.2) is 0 Å². The molecule has 0 aromatic heterocycles. The number of carbonyl (C=O) groups excluding carboxylic acids is 1. The first-order valence-electron chi connectivity index (χ1n) is 17.8. The Kier molecular flexibility index (Phi) is 30.7. The summed E-state index contributed by atoms with van der Waals surface area (Å²) >= 11 is 0. The van der Waals surface area contributed by atoms with Gasteiger partial charge < -0.3 is 10.4 Å². The van der Waals surface area contributed by atoms with Crippen molar-refractivity contribution in [3.8, 4) is 0 Å². The minimum absolute atomic E-state index is 0.0514. The summed E-state index contributed by atoms with van der Waals surface area (Å²) in [5, 5.41) is 13.1. The molecule has 46 heavy (non-hydrogen) atoms. The van der Waals surface area contributed by atoms with Crippen LogP contribution in [0, 0.1) is 0 Å². The first kappa shape index (κ1) is 43.5. The molecule has 0 aromatic rings. The van der Waals surface area contributed by atoms with Crippen molar-refractivity contribution in [1.29, 1.82) is 0 Å². The Hall–Kier alpha value is -2.48. The molecule has 3 N–H and O–H groups in total. The molecular weight excluding hydrogens is 594 g/mol. The molecule has 0 spiro atoms. The molecule has 6 nitrogen and oxygen atoms in total. The Bertz CT molecular complexity index is 1040. The number of rotatable bonds is 30. The predicted octanol–water partition coefficient (Wildman–Crippen LogP) is 10.1. The zero-order valence-electron chi connectivity index (χ0n) is 28.9. The number of carbonyl (C=O) groups is 1. The highest BCUT2D eigenvalue weighted by Crippen LogP contribution is 2.12. The lowest BCUT2D eigenvalue weighted by atomic mass is 10.1. The summed E-state index contributed by atoms with van der Waals surface area (Å²) in [5.74, 6) is -1.17. The van der Waals surface area contributed by atoms with Gasteiger partial charge in [-0.1, -0.05) is 157 Å². The molecule has 7 heteroatoms. The second-order valence-corrected chi connectivity index (χ2v) is 13.3. The molecule has 0 heterocycles. The summed E-state index contributed by atoms with van der Waals surface area (Å²) in [6, 6.07) is -1.13. The van der Waals surface area contributed by atoms with E-state index < -0.39 is 33.9 Å². The van der Waals surface area contributed by atoms with Gasteiger partial charge in [0.15, 0.2) is 0 Å². The van der Waals surface area contributed by atoms with Crippen LogP contribution >= 0.6 is 0 Å². The summed E-state index contributed by atoms with van der Waals surface area (Å²) in [6.45, 7) is 4.38. The lowest BCUT2D eigenvalue weighted by molar-refractivity contribution is -0.121. The van der Waals surface area contributed by atoms with Crippen molar-refractivity contribution >= 4 is 16.0 Å². The van der Waals surface area contributed by atoms with Crippen molar-refractivity contribution in [2.75, 3.05) is 5.75 Å². The van der Waals surface area contributed by atoms with Gasteiger partial charge in [0, 0.05) is 6.42 Å². The second kappa shape index (κ2) is 32.5. The van der Waals surface area contributed by atoms with Crippen LogP contribution in [0.4, 0.5) is 0 Å². The third kappa shape index (κ3) is 32.9. The molecule has 0 fully saturated rings. The number of aliphatic hydroxyl groups is 1. The molecule has 1 amide bonds. The van der Waals surface area contributed by atoms with Gasteiger partial charge >= 0.3 is 0 Å². The lowest BCUT2D eigenvalue weighted by Gasteiger charge is -2.20. The van der Waals surface area contributed by atoms with Gasteiger partial charge in [0.2, 0.25) is 5.91 Å². The topological polar surface area (TPSA) is 104 Å². The van der Waals surface area contributed by atoms with E-state index in [0.29, 0.717) is 12.8 Å². The largest absolute Gasteiger partial charge is 0.387 e. The number of amides is 1. The van der Waals surface area contributed by atoms with E-state index in [-0.39, 0.29) is 6.42 Å². The predicted molar refractivity (Wildman–Crippen MR) is 197 cm³/mol. The van der Waals surface area contributed by atoms with Crippen LogP contribution in [0.5, 0.6) is 0 Å². The molecule has 2 unspecified atom stereocenters. The van der Waals surface area contributed by atoms with Crippen LogP contribution in [0.2, 0.25) is 0 Å². The quantitative estimate of drug-likeness (QED) is 0.0404. The summed E-state index contributed by atoms with van der Waals surface area (Å²) in [6.07, 6.45) is 47.3. The van der Waals surface area contributed by atoms with E-state index in [2.05, 4.69) is 73.8 Å². The van der Waals surface area contributed by atoms with Crippen LogP contribution in [-0.2, 0) is 14.9 Å². The van der Waals surface area contributed by atoms with Crippen LogP contribution in [0.25, 0.3) is 0 Å². The highest BCUT2D eigenvalue weighted by atomic mass is 32.2. The number of unbranched alkanes of at least 4 members (excludes halogenated alkanes) is 11. The molecule has 0 aliphatic carbocycles. The Labute approximate surface area is 282 Å². The molecule has 0 saturated carbocycles. The minimum Gasteiger partial charge on any atom is -0.387 e. The number of hydrogen-bond acceptors (Lipinski definition) is 4. The Morgan fingerprint density at radius 3 is 1.59 bits per heavy atom. The van der Waals surface area contributed by atoms with Gasteiger partial charge in [-0.3, -0.25) is 9.35 Å². The van der Waals surface area contributed by atoms with Gasteiger partial charge in [0.1, 0.15) is 0 Å². The maximum atomic E-state index is 12.4. The van der Waals surface area contributed by atoms with Gasteiger partial charge in [-0.05, 0) is 57.8 Å². The lowest BCUT2D eigenvalue weighted by Crippen LogP contribution is -2.46. The fourth-order valence-corrected chi connectivity index (χ4v) is 5.44. The van der Waals surface area contributed by atoms with Gasteiger partial charge in [0.05, 0.1) is 17.9 Å². The van der Waals surface area contributed by atoms with Gasteiger partial charge in [-0.2, -0.15) is 8.42 Å². The van der Waals surface area contributed by atoms with Crippen molar-refractivity contribution in [2.24, 2.45) is 0 Å². The maximum absolute atomic E-state index is 12.4. The standard InChI is InChI=1S/C39H65NO5S/c1-3-5-7-9-11-13-15-17-19-21-22-24-26-28-30-32-34-38(41)37(36-46(43,44)45)40-39(42)35-33-31-29-27-25-23-20-18-16-14-12-10-8-6-4-2/h6,8,12,14,18,20,24-27,31-34,37-38,41H,3-5,7,9-11,13,15-17,19,21-23,28-30,35-36H2,1-2H3,(H,40,42)(H,43,44,45)/b8-6-,14-12-,20-18-,26-24+,27-25-,33-31-,34-32+. The first-order chi connectivity index (χ1) is 22.3. The Balaban J connectivity index is 4.24. The summed E-state index contributed by atoms with van der Waals surface area (Å²) in [4.78, 5) is 12.4. The summed E-state index contributed by atoms with van der Waals surface area (Å²) in [7, 11) is -4.38. The Morgan fingerprint density at radius 1 is 0.609 bits per heavy atom. The average molecular weight is 660 g/mol.